The average molecular weight is 198 g/mol. The molecule has 0 aliphatic carbocycles. The quantitative estimate of drug-likeness (QED) is 0.577. The second-order valence-electron chi connectivity index (χ2n) is 3.03. The van der Waals surface area contributed by atoms with Crippen molar-refractivity contribution in [1.82, 2.24) is 0 Å². The maximum absolute atomic E-state index is 13.3. The zero-order valence-corrected chi connectivity index (χ0v) is 7.63. The number of halogens is 2. The van der Waals surface area contributed by atoms with Crippen molar-refractivity contribution in [3.63, 3.8) is 0 Å². The van der Waals surface area contributed by atoms with E-state index in [0.717, 1.165) is 12.1 Å². The van der Waals surface area contributed by atoms with Crippen LogP contribution in [0.25, 0.3) is 0 Å². The molecular weight excluding hydrogens is 186 g/mol. The molecule has 2 nitrogen and oxygen atoms in total. The molecule has 4 N–H and O–H groups in total. The molecule has 1 rings (SSSR count). The number of benzene rings is 1. The second kappa shape index (κ2) is 4.19. The summed E-state index contributed by atoms with van der Waals surface area (Å²) in [5.74, 6) is -1.42. The van der Waals surface area contributed by atoms with Gasteiger partial charge in [-0.05, 0) is 18.6 Å². The molecule has 0 heterocycles. The number of hydrogen-bond acceptors (Lipinski definition) is 2. The first-order valence-electron chi connectivity index (χ1n) is 4.17. The van der Waals surface area contributed by atoms with Crippen molar-refractivity contribution in [1.29, 1.82) is 0 Å². The van der Waals surface area contributed by atoms with E-state index in [-0.39, 0.29) is 11.3 Å². The van der Waals surface area contributed by atoms with Crippen LogP contribution in [0, 0.1) is 11.6 Å². The third kappa shape index (κ3) is 2.09. The average Bonchev–Trinajstić information content (AvgIpc) is 2.01. The summed E-state index contributed by atoms with van der Waals surface area (Å²) >= 11 is 0. The van der Waals surface area contributed by atoms with Gasteiger partial charge in [-0.25, -0.2) is 8.78 Å². The van der Waals surface area contributed by atoms with Crippen molar-refractivity contribution in [3.8, 4) is 0 Å². The molecule has 0 saturated heterocycles. The van der Waals surface area contributed by atoms with Gasteiger partial charge in [-0.3, -0.25) is 0 Å². The van der Waals surface area contributed by atoms with Crippen LogP contribution in [0.2, 0.25) is 0 Å². The summed E-state index contributed by atoms with van der Waals surface area (Å²) in [4.78, 5) is 0. The summed E-state index contributed by atoms with van der Waals surface area (Å²) < 4.78 is 26.5. The third-order valence-corrected chi connectivity index (χ3v) is 1.89. The van der Waals surface area contributed by atoms with Gasteiger partial charge in [0, 0.05) is 17.3 Å². The lowest BCUT2D eigenvalue weighted by Gasteiger charge is -2.12. The Balaban J connectivity index is 3.13. The van der Waals surface area contributed by atoms with Crippen molar-refractivity contribution in [2.45, 2.75) is 12.5 Å². The molecule has 0 amide bonds. The highest BCUT2D eigenvalue weighted by molar-refractivity contribution is 5.42. The van der Waals surface area contributed by atoms with Gasteiger partial charge in [0.1, 0.15) is 11.6 Å². The van der Waals surface area contributed by atoms with Crippen LogP contribution in [-0.4, -0.2) is 0 Å². The minimum atomic E-state index is -0.715. The Labute approximate surface area is 81.2 Å². The van der Waals surface area contributed by atoms with Crippen LogP contribution >= 0.6 is 0 Å². The van der Waals surface area contributed by atoms with Crippen LogP contribution in [0.15, 0.2) is 24.8 Å². The van der Waals surface area contributed by atoms with Crippen LogP contribution in [0.5, 0.6) is 0 Å². The topological polar surface area (TPSA) is 52.0 Å². The molecule has 0 aliphatic rings. The third-order valence-electron chi connectivity index (χ3n) is 1.89. The molecule has 1 atom stereocenters. The van der Waals surface area contributed by atoms with E-state index in [0.29, 0.717) is 6.42 Å². The molecule has 1 aromatic rings. The van der Waals surface area contributed by atoms with Gasteiger partial charge in [0.05, 0.1) is 0 Å². The summed E-state index contributed by atoms with van der Waals surface area (Å²) in [5.41, 5.74) is 10.7. The van der Waals surface area contributed by atoms with Gasteiger partial charge in [0.2, 0.25) is 0 Å². The second-order valence-corrected chi connectivity index (χ2v) is 3.03. The van der Waals surface area contributed by atoms with Gasteiger partial charge < -0.3 is 11.5 Å². The summed E-state index contributed by atoms with van der Waals surface area (Å²) in [6.45, 7) is 3.45. The summed E-state index contributed by atoms with van der Waals surface area (Å²) in [6.07, 6.45) is 1.83. The predicted molar refractivity (Wildman–Crippen MR) is 52.5 cm³/mol. The lowest BCUT2D eigenvalue weighted by Crippen LogP contribution is -2.13. The molecule has 14 heavy (non-hydrogen) atoms. The van der Waals surface area contributed by atoms with Crippen molar-refractivity contribution in [3.05, 3.63) is 42.0 Å². The van der Waals surface area contributed by atoms with Gasteiger partial charge in [-0.2, -0.15) is 0 Å². The van der Waals surface area contributed by atoms with Crippen molar-refractivity contribution >= 4 is 5.69 Å². The molecule has 0 spiro atoms. The minimum absolute atomic E-state index is 0.0505. The standard InChI is InChI=1S/C10H12F2N2/c1-2-3-9(14)10-7(11)4-6(13)5-8(10)12/h2,4-5,9H,1,3,13-14H2/t9-/m1/s1. The normalized spacial score (nSPS) is 12.5. The molecule has 0 aliphatic heterocycles. The number of nitrogens with two attached hydrogens (primary N) is 2. The SMILES string of the molecule is C=CC[C@@H](N)c1c(F)cc(N)cc1F. The zero-order valence-electron chi connectivity index (χ0n) is 7.63. The first-order valence-corrected chi connectivity index (χ1v) is 4.17. The Morgan fingerprint density at radius 1 is 1.36 bits per heavy atom. The Morgan fingerprint density at radius 3 is 2.29 bits per heavy atom. The first-order chi connectivity index (χ1) is 6.56. The summed E-state index contributed by atoms with van der Waals surface area (Å²) in [6, 6.07) is 1.40. The van der Waals surface area contributed by atoms with E-state index < -0.39 is 17.7 Å². The Hall–Kier alpha value is -1.42. The lowest BCUT2D eigenvalue weighted by molar-refractivity contribution is 0.528. The fourth-order valence-electron chi connectivity index (χ4n) is 1.26. The molecule has 0 aromatic heterocycles. The van der Waals surface area contributed by atoms with Crippen molar-refractivity contribution in [2.24, 2.45) is 5.73 Å². The van der Waals surface area contributed by atoms with Crippen molar-refractivity contribution < 1.29 is 8.78 Å². The van der Waals surface area contributed by atoms with E-state index in [4.69, 9.17) is 11.5 Å². The zero-order chi connectivity index (χ0) is 10.7. The largest absolute Gasteiger partial charge is 0.399 e. The maximum Gasteiger partial charge on any atom is 0.132 e. The molecule has 0 radical (unpaired) electrons. The fourth-order valence-corrected chi connectivity index (χ4v) is 1.26. The number of hydrogen-bond donors (Lipinski definition) is 2. The Bertz CT molecular complexity index is 327. The molecule has 1 aromatic carbocycles. The molecule has 0 fully saturated rings. The van der Waals surface area contributed by atoms with E-state index in [9.17, 15) is 8.78 Å². The predicted octanol–water partition coefficient (Wildman–Crippen LogP) is 2.12. The van der Waals surface area contributed by atoms with Gasteiger partial charge >= 0.3 is 0 Å². The fraction of sp³-hybridized carbons (Fsp3) is 0.200. The molecule has 76 valence electrons. The molecule has 4 heteroatoms. The first kappa shape index (κ1) is 10.7. The van der Waals surface area contributed by atoms with Crippen LogP contribution < -0.4 is 11.5 Å². The molecule has 0 saturated carbocycles. The van der Waals surface area contributed by atoms with Crippen molar-refractivity contribution in [2.75, 3.05) is 5.73 Å². The highest BCUT2D eigenvalue weighted by Gasteiger charge is 2.16. The monoisotopic (exact) mass is 198 g/mol. The van der Waals surface area contributed by atoms with Crippen LogP contribution in [0.3, 0.4) is 0 Å². The lowest BCUT2D eigenvalue weighted by atomic mass is 10.0. The van der Waals surface area contributed by atoms with Crippen LogP contribution in [0.4, 0.5) is 14.5 Å². The van der Waals surface area contributed by atoms with E-state index in [1.807, 2.05) is 0 Å². The van der Waals surface area contributed by atoms with E-state index in [1.54, 1.807) is 0 Å². The van der Waals surface area contributed by atoms with Crippen LogP contribution in [0.1, 0.15) is 18.0 Å². The van der Waals surface area contributed by atoms with E-state index in [2.05, 4.69) is 6.58 Å². The molecule has 0 bridgehead atoms. The Kier molecular flexibility index (Phi) is 3.19. The highest BCUT2D eigenvalue weighted by atomic mass is 19.1. The Morgan fingerprint density at radius 2 is 1.86 bits per heavy atom. The maximum atomic E-state index is 13.3. The van der Waals surface area contributed by atoms with E-state index >= 15 is 0 Å². The van der Waals surface area contributed by atoms with E-state index in [1.165, 1.54) is 6.08 Å². The smallest absolute Gasteiger partial charge is 0.132 e. The van der Waals surface area contributed by atoms with Crippen LogP contribution in [-0.2, 0) is 0 Å². The molecule has 0 unspecified atom stereocenters. The number of rotatable bonds is 3. The van der Waals surface area contributed by atoms with Gasteiger partial charge in [-0.1, -0.05) is 6.08 Å². The minimum Gasteiger partial charge on any atom is -0.399 e. The summed E-state index contributed by atoms with van der Waals surface area (Å²) in [5, 5.41) is 0. The summed E-state index contributed by atoms with van der Waals surface area (Å²) in [7, 11) is 0. The number of nitrogen functional groups attached to an aromatic ring is 1. The van der Waals surface area contributed by atoms with Gasteiger partial charge in [0.25, 0.3) is 0 Å². The van der Waals surface area contributed by atoms with Gasteiger partial charge in [0.15, 0.2) is 0 Å². The number of anilines is 1. The highest BCUT2D eigenvalue weighted by Crippen LogP contribution is 2.23. The molecular formula is C10H12F2N2. The van der Waals surface area contributed by atoms with Gasteiger partial charge in [-0.15, -0.1) is 6.58 Å².